The molecule has 0 aliphatic carbocycles. The molecule has 8 rings (SSSR count). The fraction of sp³-hybridized carbons (Fsp3) is 0.222. The number of imidazole rings is 1. The van der Waals surface area contributed by atoms with Gasteiger partial charge in [0, 0.05) is 13.1 Å². The summed E-state index contributed by atoms with van der Waals surface area (Å²) in [6, 6.07) is 23.6. The Hall–Kier alpha value is -5.71. The number of aromatic nitrogens is 2. The summed E-state index contributed by atoms with van der Waals surface area (Å²) >= 11 is 0. The lowest BCUT2D eigenvalue weighted by Crippen LogP contribution is -2.45. The Bertz CT molecular complexity index is 1990. The number of carbonyl (C=O) groups is 3. The Morgan fingerprint density at radius 1 is 0.957 bits per heavy atom. The van der Waals surface area contributed by atoms with Gasteiger partial charge in [0.2, 0.25) is 5.91 Å². The van der Waals surface area contributed by atoms with Crippen LogP contribution < -0.4 is 20.1 Å². The predicted octanol–water partition coefficient (Wildman–Crippen LogP) is 4.32. The van der Waals surface area contributed by atoms with Gasteiger partial charge >= 0.3 is 0 Å². The van der Waals surface area contributed by atoms with Crippen LogP contribution in [0, 0.1) is 12.7 Å². The molecule has 1 aromatic heterocycles. The largest absolute Gasteiger partial charge is 0.486 e. The first-order valence-electron chi connectivity index (χ1n) is 15.4. The van der Waals surface area contributed by atoms with Gasteiger partial charge in [-0.1, -0.05) is 36.4 Å². The molecule has 11 heteroatoms. The van der Waals surface area contributed by atoms with Gasteiger partial charge in [0.25, 0.3) is 11.8 Å². The summed E-state index contributed by atoms with van der Waals surface area (Å²) in [7, 11) is 0. The Morgan fingerprint density at radius 2 is 1.79 bits per heavy atom. The average molecular weight is 634 g/mol. The zero-order chi connectivity index (χ0) is 32.5. The van der Waals surface area contributed by atoms with Gasteiger partial charge in [0.15, 0.2) is 6.61 Å². The fourth-order valence-electron chi connectivity index (χ4n) is 5.97. The molecule has 5 aromatic rings. The number of fused-ring (bicyclic) bond motifs is 8. The summed E-state index contributed by atoms with van der Waals surface area (Å²) in [5, 5.41) is 5.79. The highest BCUT2D eigenvalue weighted by Crippen LogP contribution is 2.27. The zero-order valence-electron chi connectivity index (χ0n) is 25.6. The summed E-state index contributed by atoms with van der Waals surface area (Å²) in [5.41, 5.74) is 4.51. The van der Waals surface area contributed by atoms with Crippen molar-refractivity contribution in [1.29, 1.82) is 0 Å². The third-order valence-electron chi connectivity index (χ3n) is 8.40. The lowest BCUT2D eigenvalue weighted by Gasteiger charge is -2.21. The molecule has 0 unspecified atom stereocenters. The van der Waals surface area contributed by atoms with Crippen molar-refractivity contribution < 1.29 is 28.2 Å². The summed E-state index contributed by atoms with van der Waals surface area (Å²) < 4.78 is 27.1. The lowest BCUT2D eigenvalue weighted by molar-refractivity contribution is -0.129. The molecule has 3 N–H and O–H groups in total. The molecule has 1 saturated heterocycles. The molecule has 0 saturated carbocycles. The van der Waals surface area contributed by atoms with Gasteiger partial charge in [-0.25, -0.2) is 9.37 Å². The number of aromatic amines is 1. The second-order valence-electron chi connectivity index (χ2n) is 11.8. The van der Waals surface area contributed by atoms with Crippen LogP contribution >= 0.6 is 0 Å². The quantitative estimate of drug-likeness (QED) is 0.266. The van der Waals surface area contributed by atoms with E-state index in [-0.39, 0.29) is 43.5 Å². The number of halogens is 1. The number of amides is 3. The van der Waals surface area contributed by atoms with Crippen LogP contribution in [0.15, 0.2) is 84.9 Å². The molecule has 2 atom stereocenters. The average Bonchev–Trinajstić information content (AvgIpc) is 3.65. The molecule has 4 aromatic carbocycles. The van der Waals surface area contributed by atoms with E-state index < -0.39 is 23.9 Å². The van der Waals surface area contributed by atoms with Crippen molar-refractivity contribution >= 4 is 28.8 Å². The maximum atomic E-state index is 15.1. The summed E-state index contributed by atoms with van der Waals surface area (Å²) in [6.07, 6.45) is -0.446. The Labute approximate surface area is 269 Å². The van der Waals surface area contributed by atoms with Gasteiger partial charge in [-0.2, -0.15) is 0 Å². The van der Waals surface area contributed by atoms with Gasteiger partial charge in [0.1, 0.15) is 29.2 Å². The molecule has 6 bridgehead atoms. The second-order valence-corrected chi connectivity index (χ2v) is 11.8. The molecule has 0 radical (unpaired) electrons. The number of H-pyrrole nitrogens is 1. The number of carbonyl (C=O) groups excluding carboxylic acids is 3. The Kier molecular flexibility index (Phi) is 8.03. The van der Waals surface area contributed by atoms with Crippen molar-refractivity contribution in [2.24, 2.45) is 0 Å². The van der Waals surface area contributed by atoms with Crippen molar-refractivity contribution in [3.63, 3.8) is 0 Å². The third kappa shape index (κ3) is 6.64. The van der Waals surface area contributed by atoms with Crippen LogP contribution in [0.25, 0.3) is 22.2 Å². The maximum Gasteiger partial charge on any atom is 0.258 e. The first-order chi connectivity index (χ1) is 22.8. The molecular weight excluding hydrogens is 601 g/mol. The molecule has 3 aliphatic heterocycles. The fourth-order valence-corrected chi connectivity index (χ4v) is 5.97. The van der Waals surface area contributed by atoms with Crippen molar-refractivity contribution in [3.05, 3.63) is 113 Å². The normalized spacial score (nSPS) is 18.1. The van der Waals surface area contributed by atoms with E-state index >= 15 is 4.39 Å². The molecule has 1 fully saturated rings. The van der Waals surface area contributed by atoms with Crippen LogP contribution in [0.1, 0.15) is 27.3 Å². The van der Waals surface area contributed by atoms with Gasteiger partial charge in [0.05, 0.1) is 35.6 Å². The van der Waals surface area contributed by atoms with E-state index in [1.807, 2.05) is 43.3 Å². The number of nitrogens with one attached hydrogen (secondary N) is 3. The number of likely N-dealkylation sites (tertiary alicyclic amines) is 1. The van der Waals surface area contributed by atoms with Gasteiger partial charge in [-0.15, -0.1) is 0 Å². The molecule has 3 amide bonds. The number of hydrogen-bond donors (Lipinski definition) is 3. The smallest absolute Gasteiger partial charge is 0.258 e. The summed E-state index contributed by atoms with van der Waals surface area (Å²) in [5.74, 6) is 0.0709. The number of hydrogen-bond acceptors (Lipinski definition) is 6. The van der Waals surface area contributed by atoms with Crippen LogP contribution in [0.3, 0.4) is 0 Å². The summed E-state index contributed by atoms with van der Waals surface area (Å²) in [4.78, 5) is 48.9. The predicted molar refractivity (Wildman–Crippen MR) is 172 cm³/mol. The number of rotatable bonds is 2. The van der Waals surface area contributed by atoms with E-state index in [0.29, 0.717) is 29.2 Å². The number of nitrogens with zero attached hydrogens (tertiary/aromatic N) is 2. The van der Waals surface area contributed by atoms with Crippen molar-refractivity contribution in [1.82, 2.24) is 25.5 Å². The van der Waals surface area contributed by atoms with E-state index in [9.17, 15) is 14.4 Å². The molecule has 238 valence electrons. The minimum absolute atomic E-state index is 0.127. The topological polar surface area (TPSA) is 126 Å². The highest BCUT2D eigenvalue weighted by atomic mass is 19.1. The number of ether oxygens (including phenoxy) is 2. The van der Waals surface area contributed by atoms with E-state index in [2.05, 4.69) is 20.6 Å². The lowest BCUT2D eigenvalue weighted by atomic mass is 10.0. The zero-order valence-corrected chi connectivity index (χ0v) is 25.6. The highest BCUT2D eigenvalue weighted by molar-refractivity contribution is 5.96. The molecule has 10 nitrogen and oxygen atoms in total. The van der Waals surface area contributed by atoms with E-state index in [1.54, 1.807) is 41.3 Å². The second kappa shape index (κ2) is 12.6. The first kappa shape index (κ1) is 30.0. The van der Waals surface area contributed by atoms with Gasteiger partial charge < -0.3 is 30.0 Å². The molecule has 47 heavy (non-hydrogen) atoms. The van der Waals surface area contributed by atoms with E-state index in [4.69, 9.17) is 9.47 Å². The Balaban J connectivity index is 1.17. The maximum absolute atomic E-state index is 15.1. The molecule has 0 spiro atoms. The van der Waals surface area contributed by atoms with Crippen molar-refractivity contribution in [3.8, 4) is 22.6 Å². The monoisotopic (exact) mass is 633 g/mol. The van der Waals surface area contributed by atoms with Crippen LogP contribution in [0.5, 0.6) is 11.5 Å². The van der Waals surface area contributed by atoms with Crippen LogP contribution in [-0.2, 0) is 22.6 Å². The molecule has 3 aliphatic rings. The van der Waals surface area contributed by atoms with Gasteiger partial charge in [-0.05, 0) is 77.7 Å². The molecule has 4 heterocycles. The van der Waals surface area contributed by atoms with E-state index in [0.717, 1.165) is 28.0 Å². The van der Waals surface area contributed by atoms with E-state index in [1.165, 1.54) is 12.1 Å². The SMILES string of the molecule is Cc1nc2ccc(CC(=O)N3C[C@@H]4NC(=O)c5cc(ccc5F)-c5cccc(c5)OCC(=O)NCc5ccc(cc5)O[C@H]4C3)cc2[nH]1. The van der Waals surface area contributed by atoms with Crippen LogP contribution in [-0.4, -0.2) is 64.4 Å². The van der Waals surface area contributed by atoms with Crippen molar-refractivity contribution in [2.75, 3.05) is 19.7 Å². The van der Waals surface area contributed by atoms with Crippen molar-refractivity contribution in [2.45, 2.75) is 32.0 Å². The summed E-state index contributed by atoms with van der Waals surface area (Å²) in [6.45, 7) is 2.41. The third-order valence-corrected chi connectivity index (χ3v) is 8.40. The van der Waals surface area contributed by atoms with Crippen LogP contribution in [0.2, 0.25) is 0 Å². The Morgan fingerprint density at radius 3 is 2.64 bits per heavy atom. The number of benzene rings is 4. The number of aryl methyl sites for hydroxylation is 1. The van der Waals surface area contributed by atoms with Gasteiger partial charge in [-0.3, -0.25) is 14.4 Å². The highest BCUT2D eigenvalue weighted by Gasteiger charge is 2.38. The minimum Gasteiger partial charge on any atom is -0.486 e. The van der Waals surface area contributed by atoms with Crippen LogP contribution in [0.4, 0.5) is 4.39 Å². The molecular formula is C36H32FN5O5. The first-order valence-corrected chi connectivity index (χ1v) is 15.4. The standard InChI is InChI=1S/C36H32FN5O5/c1-21-39-30-12-7-23(13-31(30)40-21)14-35(44)42-18-32-33(19-42)47-26-9-5-22(6-10-26)17-38-34(43)20-46-27-4-2-3-24(15-27)25-8-11-29(37)28(16-25)36(45)41-32/h2-13,15-16,32-33H,14,17-20H2,1H3,(H,38,43)(H,39,40)(H,41,45)/t32-,33-/m0/s1. The minimum atomic E-state index is -0.680.